The first-order valence-electron chi connectivity index (χ1n) is 9.81. The summed E-state index contributed by atoms with van der Waals surface area (Å²) in [6.45, 7) is 4.18. The Morgan fingerprint density at radius 3 is 2.72 bits per heavy atom. The molecule has 2 aromatic heterocycles. The topological polar surface area (TPSA) is 104 Å². The number of amides is 1. The first kappa shape index (κ1) is 19.2. The van der Waals surface area contributed by atoms with Gasteiger partial charge in [-0.15, -0.1) is 0 Å². The number of rotatable bonds is 4. The molecule has 7 heteroatoms. The van der Waals surface area contributed by atoms with Gasteiger partial charge in [0.1, 0.15) is 11.2 Å². The Labute approximate surface area is 166 Å². The van der Waals surface area contributed by atoms with E-state index in [1.807, 2.05) is 19.9 Å². The number of hydrogen-bond donors (Lipinski definition) is 0. The van der Waals surface area contributed by atoms with E-state index in [1.54, 1.807) is 12.3 Å². The zero-order chi connectivity index (χ0) is 20.7. The summed E-state index contributed by atoms with van der Waals surface area (Å²) in [6.07, 6.45) is 3.84. The number of benzene rings is 1. The predicted molar refractivity (Wildman–Crippen MR) is 104 cm³/mol. The molecule has 152 valence electrons. The molecule has 3 heterocycles. The Morgan fingerprint density at radius 1 is 1.17 bits per heavy atom. The molecule has 0 aliphatic carbocycles. The minimum absolute atomic E-state index is 0.0495. The lowest BCUT2D eigenvalue weighted by Crippen LogP contribution is -2.52. The van der Waals surface area contributed by atoms with Crippen LogP contribution in [0.25, 0.3) is 21.9 Å². The molecule has 1 saturated heterocycles. The van der Waals surface area contributed by atoms with E-state index in [2.05, 4.69) is 0 Å². The van der Waals surface area contributed by atoms with Crippen molar-refractivity contribution in [1.82, 2.24) is 4.90 Å². The normalized spacial score (nSPS) is 17.2. The molecule has 0 unspecified atom stereocenters. The molecular formula is C22H22NO6-. The summed E-state index contributed by atoms with van der Waals surface area (Å²) in [4.78, 5) is 37.9. The maximum Gasteiger partial charge on any atom is 0.339 e. The van der Waals surface area contributed by atoms with Crippen molar-refractivity contribution in [2.75, 3.05) is 6.54 Å². The van der Waals surface area contributed by atoms with Gasteiger partial charge in [0.05, 0.1) is 18.3 Å². The molecule has 1 aliphatic heterocycles. The van der Waals surface area contributed by atoms with Crippen LogP contribution in [-0.2, 0) is 16.0 Å². The quantitative estimate of drug-likeness (QED) is 0.627. The molecule has 1 aliphatic rings. The van der Waals surface area contributed by atoms with Crippen molar-refractivity contribution < 1.29 is 23.5 Å². The lowest BCUT2D eigenvalue weighted by molar-refractivity contribution is -0.312. The first-order valence-corrected chi connectivity index (χ1v) is 9.81. The number of carbonyl (C=O) groups is 2. The molecule has 1 atom stereocenters. The van der Waals surface area contributed by atoms with Gasteiger partial charge in [-0.25, -0.2) is 4.79 Å². The summed E-state index contributed by atoms with van der Waals surface area (Å²) in [5.41, 5.74) is 2.80. The van der Waals surface area contributed by atoms with E-state index >= 15 is 0 Å². The van der Waals surface area contributed by atoms with Crippen LogP contribution in [0.3, 0.4) is 0 Å². The summed E-state index contributed by atoms with van der Waals surface area (Å²) >= 11 is 0. The van der Waals surface area contributed by atoms with Crippen molar-refractivity contribution in [2.45, 2.75) is 52.0 Å². The van der Waals surface area contributed by atoms with Crippen LogP contribution in [0, 0.1) is 13.8 Å². The van der Waals surface area contributed by atoms with E-state index in [-0.39, 0.29) is 18.7 Å². The SMILES string of the molecule is Cc1coc2cc3oc(=O)c(CCC(=O)N4CCCC[C@H]4C(=O)[O-])c(C)c3cc12. The molecular weight excluding hydrogens is 374 g/mol. The van der Waals surface area contributed by atoms with Crippen molar-refractivity contribution in [3.8, 4) is 0 Å². The third-order valence-electron chi connectivity index (χ3n) is 5.86. The number of carboxylic acid groups (broad SMARTS) is 1. The van der Waals surface area contributed by atoms with Crippen molar-refractivity contribution >= 4 is 33.8 Å². The molecule has 29 heavy (non-hydrogen) atoms. The van der Waals surface area contributed by atoms with Crippen LogP contribution in [0.2, 0.25) is 0 Å². The minimum atomic E-state index is -1.22. The maximum absolute atomic E-state index is 12.6. The number of likely N-dealkylation sites (tertiary alicyclic amines) is 1. The lowest BCUT2D eigenvalue weighted by Gasteiger charge is -2.36. The van der Waals surface area contributed by atoms with E-state index in [0.717, 1.165) is 34.7 Å². The summed E-state index contributed by atoms with van der Waals surface area (Å²) < 4.78 is 11.0. The van der Waals surface area contributed by atoms with E-state index in [0.29, 0.717) is 29.7 Å². The second-order valence-electron chi connectivity index (χ2n) is 7.67. The summed E-state index contributed by atoms with van der Waals surface area (Å²) in [6, 6.07) is 2.76. The summed E-state index contributed by atoms with van der Waals surface area (Å²) in [5.74, 6) is -1.50. The Kier molecular flexibility index (Phi) is 4.90. The molecule has 0 saturated carbocycles. The third-order valence-corrected chi connectivity index (χ3v) is 5.86. The maximum atomic E-state index is 12.6. The number of aliphatic carboxylic acids is 1. The second-order valence-corrected chi connectivity index (χ2v) is 7.67. The minimum Gasteiger partial charge on any atom is -0.548 e. The highest BCUT2D eigenvalue weighted by atomic mass is 16.4. The fourth-order valence-electron chi connectivity index (χ4n) is 4.18. The molecule has 4 rings (SSSR count). The van der Waals surface area contributed by atoms with Gasteiger partial charge in [-0.3, -0.25) is 4.79 Å². The Balaban J connectivity index is 1.63. The van der Waals surface area contributed by atoms with Gasteiger partial charge in [-0.2, -0.15) is 0 Å². The van der Waals surface area contributed by atoms with E-state index in [9.17, 15) is 19.5 Å². The zero-order valence-corrected chi connectivity index (χ0v) is 16.4. The van der Waals surface area contributed by atoms with Crippen LogP contribution < -0.4 is 10.7 Å². The number of carbonyl (C=O) groups excluding carboxylic acids is 2. The smallest absolute Gasteiger partial charge is 0.339 e. The Hall–Kier alpha value is -3.09. The van der Waals surface area contributed by atoms with Crippen molar-refractivity contribution in [1.29, 1.82) is 0 Å². The first-order chi connectivity index (χ1) is 13.9. The summed E-state index contributed by atoms with van der Waals surface area (Å²) in [7, 11) is 0. The van der Waals surface area contributed by atoms with Gasteiger partial charge < -0.3 is 23.6 Å². The van der Waals surface area contributed by atoms with Crippen LogP contribution in [0.5, 0.6) is 0 Å². The van der Waals surface area contributed by atoms with Gasteiger partial charge in [0.15, 0.2) is 0 Å². The number of aryl methyl sites for hydroxylation is 2. The molecule has 0 N–H and O–H groups in total. The van der Waals surface area contributed by atoms with Crippen molar-refractivity contribution in [3.63, 3.8) is 0 Å². The largest absolute Gasteiger partial charge is 0.548 e. The Bertz CT molecular complexity index is 1170. The number of fused-ring (bicyclic) bond motifs is 2. The fourth-order valence-corrected chi connectivity index (χ4v) is 4.18. The number of hydrogen-bond acceptors (Lipinski definition) is 6. The van der Waals surface area contributed by atoms with Gasteiger partial charge in [0.25, 0.3) is 0 Å². The van der Waals surface area contributed by atoms with Gasteiger partial charge >= 0.3 is 5.63 Å². The van der Waals surface area contributed by atoms with Crippen molar-refractivity contribution in [3.05, 3.63) is 45.5 Å². The molecule has 0 spiro atoms. The van der Waals surface area contributed by atoms with Crippen LogP contribution in [-0.4, -0.2) is 29.4 Å². The van der Waals surface area contributed by atoms with Crippen LogP contribution >= 0.6 is 0 Å². The number of carboxylic acids is 1. The Morgan fingerprint density at radius 2 is 1.97 bits per heavy atom. The van der Waals surface area contributed by atoms with E-state index in [1.165, 1.54) is 4.90 Å². The van der Waals surface area contributed by atoms with Crippen LogP contribution in [0.4, 0.5) is 0 Å². The number of piperidine rings is 1. The van der Waals surface area contributed by atoms with Gasteiger partial charge in [-0.1, -0.05) is 0 Å². The third kappa shape index (κ3) is 3.41. The average molecular weight is 396 g/mol. The molecule has 1 amide bonds. The fraction of sp³-hybridized carbons (Fsp3) is 0.409. The van der Waals surface area contributed by atoms with E-state index in [4.69, 9.17) is 8.83 Å². The lowest BCUT2D eigenvalue weighted by atomic mass is 9.98. The highest BCUT2D eigenvalue weighted by Gasteiger charge is 2.27. The molecule has 1 aromatic carbocycles. The van der Waals surface area contributed by atoms with Gasteiger partial charge in [0, 0.05) is 35.4 Å². The second kappa shape index (κ2) is 7.39. The standard InChI is InChI=1S/C22H23NO6/c1-12-11-28-18-10-19-16(9-15(12)18)13(2)14(22(27)29-19)6-7-20(24)23-8-4-3-5-17(23)21(25)26/h9-11,17H,3-8H2,1-2H3,(H,25,26)/p-1/t17-/m0/s1. The monoisotopic (exact) mass is 396 g/mol. The highest BCUT2D eigenvalue weighted by molar-refractivity contribution is 5.96. The molecule has 0 bridgehead atoms. The van der Waals surface area contributed by atoms with Crippen LogP contribution in [0.1, 0.15) is 42.4 Å². The highest BCUT2D eigenvalue weighted by Crippen LogP contribution is 2.29. The molecule has 3 aromatic rings. The summed E-state index contributed by atoms with van der Waals surface area (Å²) in [5, 5.41) is 13.1. The molecule has 1 fully saturated rings. The average Bonchev–Trinajstić information content (AvgIpc) is 3.06. The zero-order valence-electron chi connectivity index (χ0n) is 16.4. The molecule has 0 radical (unpaired) electrons. The van der Waals surface area contributed by atoms with E-state index < -0.39 is 17.6 Å². The van der Waals surface area contributed by atoms with Crippen molar-refractivity contribution in [2.24, 2.45) is 0 Å². The number of furan rings is 1. The molecule has 7 nitrogen and oxygen atoms in total. The predicted octanol–water partition coefficient (Wildman–Crippen LogP) is 2.22. The van der Waals surface area contributed by atoms with Crippen LogP contribution in [0.15, 0.2) is 32.0 Å². The van der Waals surface area contributed by atoms with Gasteiger partial charge in [0.2, 0.25) is 5.91 Å². The number of nitrogens with zero attached hydrogens (tertiary/aromatic N) is 1. The van der Waals surface area contributed by atoms with Gasteiger partial charge in [-0.05, 0) is 56.7 Å².